The van der Waals surface area contributed by atoms with Crippen molar-refractivity contribution in [1.82, 2.24) is 15.0 Å². The van der Waals surface area contributed by atoms with Gasteiger partial charge in [-0.25, -0.2) is 4.68 Å². The second kappa shape index (κ2) is 2.99. The number of para-hydroxylation sites is 1. The van der Waals surface area contributed by atoms with Gasteiger partial charge in [-0.3, -0.25) is 0 Å². The average Bonchev–Trinajstić information content (AvgIpc) is 2.60. The smallest absolute Gasteiger partial charge is 0.168 e. The van der Waals surface area contributed by atoms with E-state index in [0.29, 0.717) is 0 Å². The van der Waals surface area contributed by atoms with Gasteiger partial charge in [0.1, 0.15) is 5.52 Å². The summed E-state index contributed by atoms with van der Waals surface area (Å²) in [5.74, 6) is 0. The molecule has 1 aromatic heterocycles. The Hall–Kier alpha value is -1.68. The Morgan fingerprint density at radius 2 is 2.23 bits per heavy atom. The summed E-state index contributed by atoms with van der Waals surface area (Å²) < 4.78 is 1.42. The summed E-state index contributed by atoms with van der Waals surface area (Å²) in [4.78, 5) is 0. The Balaban J connectivity index is 2.64. The van der Waals surface area contributed by atoms with Gasteiger partial charge in [-0.15, -0.1) is 5.10 Å². The van der Waals surface area contributed by atoms with E-state index in [0.717, 1.165) is 11.0 Å². The van der Waals surface area contributed by atoms with Gasteiger partial charge < -0.3 is 5.11 Å². The molecule has 0 saturated heterocycles. The average molecular weight is 175 g/mol. The number of rotatable bonds is 2. The molecule has 0 aliphatic heterocycles. The van der Waals surface area contributed by atoms with Crippen LogP contribution in [-0.2, 0) is 0 Å². The van der Waals surface area contributed by atoms with E-state index in [-0.39, 0.29) is 0 Å². The van der Waals surface area contributed by atoms with Crippen LogP contribution in [0.3, 0.4) is 0 Å². The highest BCUT2D eigenvalue weighted by molar-refractivity contribution is 5.73. The van der Waals surface area contributed by atoms with Crippen molar-refractivity contribution in [2.75, 3.05) is 0 Å². The fourth-order valence-electron chi connectivity index (χ4n) is 1.18. The van der Waals surface area contributed by atoms with Crippen LogP contribution in [0.25, 0.3) is 11.0 Å². The van der Waals surface area contributed by atoms with E-state index >= 15 is 0 Å². The maximum absolute atomic E-state index is 9.46. The van der Waals surface area contributed by atoms with Crippen molar-refractivity contribution in [2.45, 2.75) is 6.23 Å². The topological polar surface area (TPSA) is 50.9 Å². The molecule has 0 radical (unpaired) electrons. The third-order valence-electron chi connectivity index (χ3n) is 1.84. The van der Waals surface area contributed by atoms with E-state index in [1.165, 1.54) is 10.8 Å². The van der Waals surface area contributed by atoms with Crippen molar-refractivity contribution in [1.29, 1.82) is 0 Å². The number of benzene rings is 1. The van der Waals surface area contributed by atoms with Crippen molar-refractivity contribution in [3.05, 3.63) is 36.9 Å². The molecule has 0 spiro atoms. The summed E-state index contributed by atoms with van der Waals surface area (Å²) in [5.41, 5.74) is 1.57. The molecule has 4 heteroatoms. The van der Waals surface area contributed by atoms with Gasteiger partial charge in [-0.05, 0) is 18.2 Å². The van der Waals surface area contributed by atoms with Gasteiger partial charge in [0.25, 0.3) is 0 Å². The van der Waals surface area contributed by atoms with Gasteiger partial charge in [0.05, 0.1) is 5.52 Å². The van der Waals surface area contributed by atoms with Crippen LogP contribution < -0.4 is 0 Å². The van der Waals surface area contributed by atoms with Gasteiger partial charge in [-0.2, -0.15) is 0 Å². The van der Waals surface area contributed by atoms with E-state index < -0.39 is 6.23 Å². The SMILES string of the molecule is C=CC(O)n1nnc2ccccc21. The fraction of sp³-hybridized carbons (Fsp3) is 0.111. The highest BCUT2D eigenvalue weighted by Gasteiger charge is 2.07. The molecule has 1 heterocycles. The first-order valence-corrected chi connectivity index (χ1v) is 3.93. The van der Waals surface area contributed by atoms with E-state index in [9.17, 15) is 5.11 Å². The Kier molecular flexibility index (Phi) is 1.83. The summed E-state index contributed by atoms with van der Waals surface area (Å²) in [7, 11) is 0. The maximum atomic E-state index is 9.46. The van der Waals surface area contributed by atoms with Gasteiger partial charge in [-0.1, -0.05) is 23.9 Å². The lowest BCUT2D eigenvalue weighted by atomic mass is 10.3. The number of fused-ring (bicyclic) bond motifs is 1. The molecule has 1 atom stereocenters. The van der Waals surface area contributed by atoms with E-state index in [1.54, 1.807) is 0 Å². The van der Waals surface area contributed by atoms with Crippen LogP contribution >= 0.6 is 0 Å². The van der Waals surface area contributed by atoms with Crippen LogP contribution in [0.5, 0.6) is 0 Å². The third-order valence-corrected chi connectivity index (χ3v) is 1.84. The standard InChI is InChI=1S/C9H9N3O/c1-2-9(13)12-8-6-4-3-5-7(8)10-11-12/h2-6,9,13H,1H2. The highest BCUT2D eigenvalue weighted by atomic mass is 16.3. The first-order chi connectivity index (χ1) is 6.33. The van der Waals surface area contributed by atoms with Gasteiger partial charge in [0.2, 0.25) is 0 Å². The summed E-state index contributed by atoms with van der Waals surface area (Å²) in [5, 5.41) is 17.2. The van der Waals surface area contributed by atoms with E-state index in [2.05, 4.69) is 16.9 Å². The number of hydrogen-bond donors (Lipinski definition) is 1. The quantitative estimate of drug-likeness (QED) is 0.695. The van der Waals surface area contributed by atoms with Crippen molar-refractivity contribution in [3.8, 4) is 0 Å². The van der Waals surface area contributed by atoms with Crippen LogP contribution in [0.2, 0.25) is 0 Å². The lowest BCUT2D eigenvalue weighted by Crippen LogP contribution is -2.06. The zero-order chi connectivity index (χ0) is 9.26. The molecule has 0 saturated carbocycles. The summed E-state index contributed by atoms with van der Waals surface area (Å²) >= 11 is 0. The first kappa shape index (κ1) is 7.94. The lowest BCUT2D eigenvalue weighted by molar-refractivity contribution is 0.143. The van der Waals surface area contributed by atoms with Crippen LogP contribution in [-0.4, -0.2) is 20.1 Å². The minimum atomic E-state index is -0.813. The minimum absolute atomic E-state index is 0.767. The summed E-state index contributed by atoms with van der Waals surface area (Å²) in [6, 6.07) is 7.44. The van der Waals surface area contributed by atoms with Gasteiger partial charge in [0.15, 0.2) is 6.23 Å². The zero-order valence-electron chi connectivity index (χ0n) is 6.96. The number of nitrogens with zero attached hydrogens (tertiary/aromatic N) is 3. The number of hydrogen-bond acceptors (Lipinski definition) is 3. The molecule has 4 nitrogen and oxygen atoms in total. The van der Waals surface area contributed by atoms with Gasteiger partial charge >= 0.3 is 0 Å². The maximum Gasteiger partial charge on any atom is 0.168 e. The van der Waals surface area contributed by atoms with Crippen LogP contribution in [0.4, 0.5) is 0 Å². The minimum Gasteiger partial charge on any atom is -0.368 e. The van der Waals surface area contributed by atoms with E-state index in [1.807, 2.05) is 24.3 Å². The molecule has 0 amide bonds. The Morgan fingerprint density at radius 3 is 3.00 bits per heavy atom. The number of aliphatic hydroxyl groups is 1. The predicted molar refractivity (Wildman–Crippen MR) is 49.0 cm³/mol. The first-order valence-electron chi connectivity index (χ1n) is 3.93. The Bertz CT molecular complexity index is 435. The highest BCUT2D eigenvalue weighted by Crippen LogP contribution is 2.13. The normalized spacial score (nSPS) is 13.0. The Morgan fingerprint density at radius 1 is 1.46 bits per heavy atom. The monoisotopic (exact) mass is 175 g/mol. The van der Waals surface area contributed by atoms with Crippen LogP contribution in [0.15, 0.2) is 36.9 Å². The van der Waals surface area contributed by atoms with Crippen LogP contribution in [0, 0.1) is 0 Å². The third kappa shape index (κ3) is 1.21. The molecule has 2 aromatic rings. The van der Waals surface area contributed by atoms with Crippen LogP contribution in [0.1, 0.15) is 6.23 Å². The van der Waals surface area contributed by atoms with Crippen molar-refractivity contribution in [3.63, 3.8) is 0 Å². The predicted octanol–water partition coefficient (Wildman–Crippen LogP) is 1.11. The fourth-order valence-corrected chi connectivity index (χ4v) is 1.18. The second-order valence-corrected chi connectivity index (χ2v) is 2.67. The van der Waals surface area contributed by atoms with Gasteiger partial charge in [0, 0.05) is 0 Å². The molecule has 2 rings (SSSR count). The number of aliphatic hydroxyl groups excluding tert-OH is 1. The van der Waals surface area contributed by atoms with Crippen molar-refractivity contribution < 1.29 is 5.11 Å². The zero-order valence-corrected chi connectivity index (χ0v) is 6.96. The largest absolute Gasteiger partial charge is 0.368 e. The molecular formula is C9H9N3O. The molecule has 0 fully saturated rings. The molecule has 0 bridgehead atoms. The second-order valence-electron chi connectivity index (χ2n) is 2.67. The summed E-state index contributed by atoms with van der Waals surface area (Å²) in [6.07, 6.45) is 0.591. The van der Waals surface area contributed by atoms with E-state index in [4.69, 9.17) is 0 Å². The molecule has 66 valence electrons. The lowest BCUT2D eigenvalue weighted by Gasteiger charge is -2.04. The molecule has 1 unspecified atom stereocenters. The molecule has 1 aromatic carbocycles. The molecule has 0 aliphatic carbocycles. The number of aromatic nitrogens is 3. The van der Waals surface area contributed by atoms with Crippen molar-refractivity contribution >= 4 is 11.0 Å². The Labute approximate surface area is 75.1 Å². The molecular weight excluding hydrogens is 166 g/mol. The molecule has 1 N–H and O–H groups in total. The summed E-state index contributed by atoms with van der Waals surface area (Å²) in [6.45, 7) is 3.48. The molecule has 13 heavy (non-hydrogen) atoms. The molecule has 0 aliphatic rings. The van der Waals surface area contributed by atoms with Crippen molar-refractivity contribution in [2.24, 2.45) is 0 Å².